The Kier molecular flexibility index (Phi) is 2.48. The Hall–Kier alpha value is -0.0900. The molecule has 0 bridgehead atoms. The first-order chi connectivity index (χ1) is 4.34. The number of nitrogens with zero attached hydrogens (tertiary/aromatic N) is 1. The van der Waals surface area contributed by atoms with Crippen molar-refractivity contribution in [1.82, 2.24) is 4.90 Å². The number of carbonyl (C=O) groups is 1. The van der Waals surface area contributed by atoms with E-state index in [1.807, 2.05) is 4.90 Å². The lowest BCUT2D eigenvalue weighted by Gasteiger charge is -2.10. The van der Waals surface area contributed by atoms with Gasteiger partial charge in [-0.25, -0.2) is 0 Å². The summed E-state index contributed by atoms with van der Waals surface area (Å²) >= 11 is 6.58. The highest BCUT2D eigenvalue weighted by atomic mass is 32.2. The second kappa shape index (κ2) is 3.17. The third kappa shape index (κ3) is 1.66. The van der Waals surface area contributed by atoms with Crippen molar-refractivity contribution >= 4 is 34.6 Å². The van der Waals surface area contributed by atoms with Crippen molar-refractivity contribution < 1.29 is 4.79 Å². The Labute approximate surface area is 63.6 Å². The minimum absolute atomic E-state index is 0.464. The van der Waals surface area contributed by atoms with Crippen molar-refractivity contribution in [3.63, 3.8) is 0 Å². The SMILES string of the molecule is O=CCN1CCSC1=S. The van der Waals surface area contributed by atoms with E-state index in [1.165, 1.54) is 0 Å². The van der Waals surface area contributed by atoms with Gasteiger partial charge < -0.3 is 9.69 Å². The molecule has 0 amide bonds. The van der Waals surface area contributed by atoms with Crippen LogP contribution < -0.4 is 0 Å². The number of hydrogen-bond acceptors (Lipinski definition) is 3. The quantitative estimate of drug-likeness (QED) is 0.434. The number of thioether (sulfide) groups is 1. The molecule has 1 fully saturated rings. The molecule has 9 heavy (non-hydrogen) atoms. The summed E-state index contributed by atoms with van der Waals surface area (Å²) in [6.07, 6.45) is 0.887. The molecule has 0 aliphatic carbocycles. The average molecular weight is 161 g/mol. The molecule has 0 atom stereocenters. The molecule has 0 saturated carbocycles. The standard InChI is InChI=1S/C5H7NOS2/c7-3-1-6-2-4-9-5(6)8/h3H,1-2,4H2. The number of thiocarbonyl (C=S) groups is 1. The second-order valence-electron chi connectivity index (χ2n) is 1.73. The number of hydrogen-bond donors (Lipinski definition) is 0. The van der Waals surface area contributed by atoms with Crippen molar-refractivity contribution in [2.75, 3.05) is 18.8 Å². The van der Waals surface area contributed by atoms with E-state index in [4.69, 9.17) is 12.2 Å². The van der Waals surface area contributed by atoms with Gasteiger partial charge in [0.15, 0.2) is 0 Å². The van der Waals surface area contributed by atoms with Crippen molar-refractivity contribution in [2.45, 2.75) is 0 Å². The van der Waals surface area contributed by atoms with Crippen LogP contribution in [0.25, 0.3) is 0 Å². The minimum atomic E-state index is 0.464. The van der Waals surface area contributed by atoms with E-state index in [9.17, 15) is 4.79 Å². The molecule has 1 heterocycles. The Morgan fingerprint density at radius 1 is 1.89 bits per heavy atom. The molecule has 0 unspecified atom stereocenters. The van der Waals surface area contributed by atoms with Crippen LogP contribution in [0.1, 0.15) is 0 Å². The van der Waals surface area contributed by atoms with Gasteiger partial charge in [0.05, 0.1) is 6.54 Å². The van der Waals surface area contributed by atoms with Crippen molar-refractivity contribution in [2.24, 2.45) is 0 Å². The first kappa shape index (κ1) is 7.02. The molecule has 4 heteroatoms. The van der Waals surface area contributed by atoms with Gasteiger partial charge in [0.2, 0.25) is 0 Å². The predicted molar refractivity (Wildman–Crippen MR) is 42.7 cm³/mol. The predicted octanol–water partition coefficient (Wildman–Crippen LogP) is 0.519. The van der Waals surface area contributed by atoms with Gasteiger partial charge in [-0.2, -0.15) is 0 Å². The fraction of sp³-hybridized carbons (Fsp3) is 0.600. The zero-order valence-corrected chi connectivity index (χ0v) is 6.50. The third-order valence-electron chi connectivity index (χ3n) is 1.14. The molecule has 0 N–H and O–H groups in total. The molecule has 1 aliphatic heterocycles. The summed E-state index contributed by atoms with van der Waals surface area (Å²) < 4.78 is 0.863. The summed E-state index contributed by atoms with van der Waals surface area (Å²) in [6.45, 7) is 1.40. The normalized spacial score (nSPS) is 18.7. The Morgan fingerprint density at radius 2 is 2.67 bits per heavy atom. The van der Waals surface area contributed by atoms with Crippen molar-refractivity contribution in [3.05, 3.63) is 0 Å². The van der Waals surface area contributed by atoms with Gasteiger partial charge in [-0.3, -0.25) is 0 Å². The first-order valence-corrected chi connectivity index (χ1v) is 4.09. The number of rotatable bonds is 2. The van der Waals surface area contributed by atoms with Gasteiger partial charge in [-0.15, -0.1) is 0 Å². The van der Waals surface area contributed by atoms with E-state index >= 15 is 0 Å². The third-order valence-corrected chi connectivity index (χ3v) is 2.64. The Morgan fingerprint density at radius 3 is 3.11 bits per heavy atom. The number of aldehydes is 1. The smallest absolute Gasteiger partial charge is 0.139 e. The zero-order valence-electron chi connectivity index (χ0n) is 4.87. The molecule has 0 radical (unpaired) electrons. The summed E-state index contributed by atoms with van der Waals surface area (Å²) in [5, 5.41) is 0. The molecule has 0 aromatic rings. The molecule has 0 aromatic heterocycles. The van der Waals surface area contributed by atoms with Gasteiger partial charge in [0.1, 0.15) is 10.6 Å². The van der Waals surface area contributed by atoms with E-state index < -0.39 is 0 Å². The lowest BCUT2D eigenvalue weighted by atomic mass is 10.6. The van der Waals surface area contributed by atoms with Crippen LogP contribution in [-0.2, 0) is 4.79 Å². The molecule has 1 aliphatic rings. The number of carbonyl (C=O) groups excluding carboxylic acids is 1. The molecule has 1 saturated heterocycles. The minimum Gasteiger partial charge on any atom is -0.350 e. The maximum Gasteiger partial charge on any atom is 0.139 e. The van der Waals surface area contributed by atoms with E-state index in [0.29, 0.717) is 6.54 Å². The summed E-state index contributed by atoms with van der Waals surface area (Å²) in [5.41, 5.74) is 0. The van der Waals surface area contributed by atoms with E-state index in [2.05, 4.69) is 0 Å². The fourth-order valence-corrected chi connectivity index (χ4v) is 1.93. The lowest BCUT2D eigenvalue weighted by molar-refractivity contribution is -0.108. The monoisotopic (exact) mass is 161 g/mol. The molecule has 0 aromatic carbocycles. The van der Waals surface area contributed by atoms with Crippen molar-refractivity contribution in [1.29, 1.82) is 0 Å². The maximum absolute atomic E-state index is 10.00. The summed E-state index contributed by atoms with van der Waals surface area (Å²) in [6, 6.07) is 0. The molecular formula is C5H7NOS2. The summed E-state index contributed by atoms with van der Waals surface area (Å²) in [5.74, 6) is 1.03. The lowest BCUT2D eigenvalue weighted by Crippen LogP contribution is -2.24. The topological polar surface area (TPSA) is 20.3 Å². The molecule has 1 rings (SSSR count). The van der Waals surface area contributed by atoms with Gasteiger partial charge in [-0.05, 0) is 0 Å². The summed E-state index contributed by atoms with van der Waals surface area (Å²) in [7, 11) is 0. The summed E-state index contributed by atoms with van der Waals surface area (Å²) in [4.78, 5) is 11.9. The van der Waals surface area contributed by atoms with E-state index in [1.54, 1.807) is 11.8 Å². The highest BCUT2D eigenvalue weighted by Gasteiger charge is 2.15. The molecule has 0 spiro atoms. The maximum atomic E-state index is 10.00. The van der Waals surface area contributed by atoms with Gasteiger partial charge in [0, 0.05) is 12.3 Å². The van der Waals surface area contributed by atoms with Crippen molar-refractivity contribution in [3.8, 4) is 0 Å². The van der Waals surface area contributed by atoms with Gasteiger partial charge in [-0.1, -0.05) is 24.0 Å². The van der Waals surface area contributed by atoms with Gasteiger partial charge in [0.25, 0.3) is 0 Å². The van der Waals surface area contributed by atoms with Crippen LogP contribution in [-0.4, -0.2) is 34.3 Å². The van der Waals surface area contributed by atoms with Crippen LogP contribution in [0.4, 0.5) is 0 Å². The second-order valence-corrected chi connectivity index (χ2v) is 3.46. The van der Waals surface area contributed by atoms with Crippen LogP contribution in [0.5, 0.6) is 0 Å². The van der Waals surface area contributed by atoms with Crippen LogP contribution in [0, 0.1) is 0 Å². The highest BCUT2D eigenvalue weighted by molar-refractivity contribution is 8.23. The average Bonchev–Trinajstić information content (AvgIpc) is 2.18. The zero-order chi connectivity index (χ0) is 6.69. The highest BCUT2D eigenvalue weighted by Crippen LogP contribution is 2.16. The Bertz CT molecular complexity index is 137. The van der Waals surface area contributed by atoms with Crippen LogP contribution in [0.2, 0.25) is 0 Å². The van der Waals surface area contributed by atoms with Crippen LogP contribution in [0.15, 0.2) is 0 Å². The molecule has 50 valence electrons. The largest absolute Gasteiger partial charge is 0.350 e. The first-order valence-electron chi connectivity index (χ1n) is 2.70. The van der Waals surface area contributed by atoms with E-state index in [-0.39, 0.29) is 0 Å². The van der Waals surface area contributed by atoms with Crippen LogP contribution in [0.3, 0.4) is 0 Å². The fourth-order valence-electron chi connectivity index (χ4n) is 0.682. The van der Waals surface area contributed by atoms with Crippen LogP contribution >= 0.6 is 24.0 Å². The van der Waals surface area contributed by atoms with E-state index in [0.717, 1.165) is 22.9 Å². The Balaban J connectivity index is 2.39. The molecular weight excluding hydrogens is 154 g/mol. The molecule has 2 nitrogen and oxygen atoms in total. The van der Waals surface area contributed by atoms with Gasteiger partial charge >= 0.3 is 0 Å².